The van der Waals surface area contributed by atoms with Crippen molar-refractivity contribution < 1.29 is 14.3 Å². The van der Waals surface area contributed by atoms with E-state index in [-0.39, 0.29) is 18.1 Å². The van der Waals surface area contributed by atoms with Crippen molar-refractivity contribution in [1.82, 2.24) is 4.90 Å². The molecule has 1 N–H and O–H groups in total. The Morgan fingerprint density at radius 3 is 2.59 bits per heavy atom. The zero-order chi connectivity index (χ0) is 16.0. The Hall–Kier alpha value is -1.81. The first kappa shape index (κ1) is 15.1. The average Bonchev–Trinajstić information content (AvgIpc) is 2.81. The largest absolute Gasteiger partial charge is 0.450 e. The topological polar surface area (TPSA) is 53.7 Å². The first-order valence-electron chi connectivity index (χ1n) is 7.88. The minimum atomic E-state index is -0.305. The van der Waals surface area contributed by atoms with Crippen LogP contribution < -0.4 is 0 Å². The number of rotatable bonds is 1. The molecule has 2 atom stereocenters. The summed E-state index contributed by atoms with van der Waals surface area (Å²) in [6.45, 7) is 8.55. The van der Waals surface area contributed by atoms with Gasteiger partial charge in [-0.1, -0.05) is 12.1 Å². The molecule has 0 unspecified atom stereocenters. The smallest absolute Gasteiger partial charge is 0.290 e. The van der Waals surface area contributed by atoms with E-state index in [0.717, 1.165) is 27.7 Å². The maximum absolute atomic E-state index is 12.9. The van der Waals surface area contributed by atoms with E-state index in [1.165, 1.54) is 0 Å². The van der Waals surface area contributed by atoms with Crippen LogP contribution in [0.1, 0.15) is 47.0 Å². The van der Waals surface area contributed by atoms with Gasteiger partial charge in [0, 0.05) is 23.5 Å². The summed E-state index contributed by atoms with van der Waals surface area (Å²) < 4.78 is 5.95. The lowest BCUT2D eigenvalue weighted by atomic mass is 9.99. The lowest BCUT2D eigenvalue weighted by molar-refractivity contribution is 0.0342. The number of hydrogen-bond donors (Lipinski definition) is 1. The van der Waals surface area contributed by atoms with E-state index in [1.807, 2.05) is 38.7 Å². The first-order valence-corrected chi connectivity index (χ1v) is 7.88. The number of piperidine rings is 1. The highest BCUT2D eigenvalue weighted by Crippen LogP contribution is 2.32. The molecule has 2 heterocycles. The summed E-state index contributed by atoms with van der Waals surface area (Å²) in [4.78, 5) is 14.7. The van der Waals surface area contributed by atoms with Crippen LogP contribution in [0.25, 0.3) is 11.0 Å². The maximum atomic E-state index is 12.9. The molecule has 0 radical (unpaired) electrons. The molecule has 0 saturated carbocycles. The summed E-state index contributed by atoms with van der Waals surface area (Å²) >= 11 is 0. The van der Waals surface area contributed by atoms with Crippen molar-refractivity contribution in [3.05, 3.63) is 34.6 Å². The predicted molar refractivity (Wildman–Crippen MR) is 86.2 cm³/mol. The molecule has 1 amide bonds. The van der Waals surface area contributed by atoms with E-state index >= 15 is 0 Å². The van der Waals surface area contributed by atoms with Crippen LogP contribution in [0.2, 0.25) is 0 Å². The molecule has 4 heteroatoms. The van der Waals surface area contributed by atoms with Crippen LogP contribution in [-0.4, -0.2) is 34.6 Å². The molecule has 1 fully saturated rings. The maximum Gasteiger partial charge on any atom is 0.290 e. The molecule has 1 aliphatic rings. The molecule has 0 aliphatic carbocycles. The molecule has 0 spiro atoms. The molecule has 1 aliphatic heterocycles. The molecule has 22 heavy (non-hydrogen) atoms. The van der Waals surface area contributed by atoms with Crippen molar-refractivity contribution in [2.45, 2.75) is 52.7 Å². The number of carbonyl (C=O) groups excluding carboxylic acids is 1. The Morgan fingerprint density at radius 1 is 1.27 bits per heavy atom. The van der Waals surface area contributed by atoms with Crippen LogP contribution in [-0.2, 0) is 0 Å². The van der Waals surface area contributed by atoms with Crippen molar-refractivity contribution in [3.8, 4) is 0 Å². The van der Waals surface area contributed by atoms with Gasteiger partial charge >= 0.3 is 0 Å². The fourth-order valence-corrected chi connectivity index (χ4v) is 3.46. The fraction of sp³-hybridized carbons (Fsp3) is 0.500. The molecule has 118 valence electrons. The Morgan fingerprint density at radius 2 is 1.95 bits per heavy atom. The fourth-order valence-electron chi connectivity index (χ4n) is 3.46. The summed E-state index contributed by atoms with van der Waals surface area (Å²) in [5.74, 6) is 0.377. The average molecular weight is 301 g/mol. The zero-order valence-corrected chi connectivity index (χ0v) is 13.6. The van der Waals surface area contributed by atoms with Gasteiger partial charge in [0.2, 0.25) is 0 Å². The Balaban J connectivity index is 2.03. The zero-order valence-electron chi connectivity index (χ0n) is 13.6. The molecule has 2 aromatic rings. The number of furan rings is 1. The number of fused-ring (bicyclic) bond motifs is 1. The minimum Gasteiger partial charge on any atom is -0.450 e. The third-order valence-corrected chi connectivity index (χ3v) is 4.79. The van der Waals surface area contributed by atoms with Gasteiger partial charge in [-0.05, 0) is 51.7 Å². The summed E-state index contributed by atoms with van der Waals surface area (Å²) in [6.07, 6.45) is 0.955. The SMILES string of the molecule is Cc1ccc(C)c2c(C)c(C(=O)N3CC[C@H](O)C[C@@H]3C)oc12. The number of benzene rings is 1. The van der Waals surface area contributed by atoms with Crippen molar-refractivity contribution >= 4 is 16.9 Å². The number of amides is 1. The van der Waals surface area contributed by atoms with Crippen LogP contribution in [0.4, 0.5) is 0 Å². The van der Waals surface area contributed by atoms with Crippen LogP contribution in [0.5, 0.6) is 0 Å². The summed E-state index contributed by atoms with van der Waals surface area (Å²) in [7, 11) is 0. The Labute approximate surface area is 130 Å². The second-order valence-corrected chi connectivity index (χ2v) is 6.49. The normalized spacial score (nSPS) is 22.3. The third kappa shape index (κ3) is 2.31. The van der Waals surface area contributed by atoms with E-state index in [9.17, 15) is 9.90 Å². The van der Waals surface area contributed by atoms with Gasteiger partial charge in [-0.25, -0.2) is 0 Å². The minimum absolute atomic E-state index is 0.0334. The lowest BCUT2D eigenvalue weighted by Gasteiger charge is -2.35. The highest BCUT2D eigenvalue weighted by molar-refractivity contribution is 6.00. The van der Waals surface area contributed by atoms with E-state index in [4.69, 9.17) is 4.42 Å². The highest BCUT2D eigenvalue weighted by Gasteiger charge is 2.31. The van der Waals surface area contributed by atoms with Crippen molar-refractivity contribution in [3.63, 3.8) is 0 Å². The molecule has 0 bridgehead atoms. The standard InChI is InChI=1S/C18H23NO3/c1-10-5-6-11(2)16-15(10)13(4)17(22-16)18(21)19-8-7-14(20)9-12(19)3/h5-6,12,14,20H,7-9H2,1-4H3/t12-,14-/m0/s1. The molecule has 1 aromatic carbocycles. The molecule has 1 saturated heterocycles. The first-order chi connectivity index (χ1) is 10.4. The van der Waals surface area contributed by atoms with Gasteiger partial charge < -0.3 is 14.4 Å². The molecular formula is C18H23NO3. The summed E-state index contributed by atoms with van der Waals surface area (Å²) in [6, 6.07) is 4.12. The number of hydrogen-bond acceptors (Lipinski definition) is 3. The van der Waals surface area contributed by atoms with Gasteiger partial charge in [0.1, 0.15) is 5.58 Å². The number of carbonyl (C=O) groups is 1. The van der Waals surface area contributed by atoms with Crippen LogP contribution in [0.15, 0.2) is 16.5 Å². The Kier molecular flexibility index (Phi) is 3.73. The van der Waals surface area contributed by atoms with E-state index in [1.54, 1.807) is 0 Å². The molecular weight excluding hydrogens is 278 g/mol. The van der Waals surface area contributed by atoms with Crippen LogP contribution >= 0.6 is 0 Å². The monoisotopic (exact) mass is 301 g/mol. The number of likely N-dealkylation sites (tertiary alicyclic amines) is 1. The van der Waals surface area contributed by atoms with Gasteiger partial charge in [-0.3, -0.25) is 4.79 Å². The quantitative estimate of drug-likeness (QED) is 0.879. The second kappa shape index (κ2) is 5.43. The van der Waals surface area contributed by atoms with Gasteiger partial charge in [0.15, 0.2) is 5.76 Å². The second-order valence-electron chi connectivity index (χ2n) is 6.49. The summed E-state index contributed by atoms with van der Waals surface area (Å²) in [5, 5.41) is 10.8. The van der Waals surface area contributed by atoms with Crippen molar-refractivity contribution in [2.75, 3.05) is 6.54 Å². The summed E-state index contributed by atoms with van der Waals surface area (Å²) in [5.41, 5.74) is 3.90. The van der Waals surface area contributed by atoms with Crippen LogP contribution in [0, 0.1) is 20.8 Å². The molecule has 3 rings (SSSR count). The predicted octanol–water partition coefficient (Wildman–Crippen LogP) is 3.34. The Bertz CT molecular complexity index is 731. The number of aryl methyl sites for hydroxylation is 3. The van der Waals surface area contributed by atoms with Crippen LogP contribution in [0.3, 0.4) is 0 Å². The van der Waals surface area contributed by atoms with E-state index in [2.05, 4.69) is 6.07 Å². The van der Waals surface area contributed by atoms with E-state index < -0.39 is 0 Å². The van der Waals surface area contributed by atoms with Gasteiger partial charge in [0.25, 0.3) is 5.91 Å². The highest BCUT2D eigenvalue weighted by atomic mass is 16.3. The van der Waals surface area contributed by atoms with Gasteiger partial charge in [-0.2, -0.15) is 0 Å². The molecule has 4 nitrogen and oxygen atoms in total. The lowest BCUT2D eigenvalue weighted by Crippen LogP contribution is -2.46. The third-order valence-electron chi connectivity index (χ3n) is 4.79. The number of aliphatic hydroxyl groups excluding tert-OH is 1. The molecule has 1 aromatic heterocycles. The van der Waals surface area contributed by atoms with Gasteiger partial charge in [0.05, 0.1) is 6.10 Å². The number of aliphatic hydroxyl groups is 1. The van der Waals surface area contributed by atoms with E-state index in [0.29, 0.717) is 25.1 Å². The number of nitrogens with zero attached hydrogens (tertiary/aromatic N) is 1. The van der Waals surface area contributed by atoms with Crippen molar-refractivity contribution in [1.29, 1.82) is 0 Å². The van der Waals surface area contributed by atoms with Crippen molar-refractivity contribution in [2.24, 2.45) is 0 Å². The van der Waals surface area contributed by atoms with Gasteiger partial charge in [-0.15, -0.1) is 0 Å².